The molecule has 0 aliphatic carbocycles. The molecule has 0 bridgehead atoms. The molecule has 182 valence electrons. The van der Waals surface area contributed by atoms with E-state index in [0.717, 1.165) is 24.7 Å². The number of ether oxygens (including phenoxy) is 1. The molecule has 4 aromatic rings. The van der Waals surface area contributed by atoms with Gasteiger partial charge in [-0.2, -0.15) is 0 Å². The first-order valence-electron chi connectivity index (χ1n) is 11.0. The number of nitrogens with zero attached hydrogens (tertiary/aromatic N) is 3. The summed E-state index contributed by atoms with van der Waals surface area (Å²) in [5.74, 6) is -0.510. The molecule has 0 aliphatic heterocycles. The molecule has 0 saturated heterocycles. The maximum atomic E-state index is 13.1. The Morgan fingerprint density at radius 1 is 1.17 bits per heavy atom. The number of amides is 1. The number of fused-ring (bicyclic) bond motifs is 2. The van der Waals surface area contributed by atoms with Crippen LogP contribution in [0.2, 0.25) is 0 Å². The number of carbonyl (C=O) groups is 2. The molecular weight excluding hydrogens is 450 g/mol. The Labute approximate surface area is 201 Å². The minimum Gasteiger partial charge on any atom is -0.497 e. The van der Waals surface area contributed by atoms with Crippen LogP contribution >= 0.6 is 0 Å². The third kappa shape index (κ3) is 5.72. The number of hydrogen-bond acceptors (Lipinski definition) is 6. The number of benzene rings is 1. The minimum absolute atomic E-state index is 0.0359. The number of methoxy groups -OCH3 is 1. The van der Waals surface area contributed by atoms with E-state index in [1.165, 1.54) is 10.5 Å². The van der Waals surface area contributed by atoms with Crippen LogP contribution in [-0.2, 0) is 17.9 Å². The number of aromatic nitrogens is 3. The molecule has 3 aromatic heterocycles. The van der Waals surface area contributed by atoms with E-state index in [4.69, 9.17) is 20.0 Å². The van der Waals surface area contributed by atoms with Crippen molar-refractivity contribution in [3.63, 3.8) is 0 Å². The molecule has 1 amide bonds. The zero-order valence-corrected chi connectivity index (χ0v) is 19.7. The van der Waals surface area contributed by atoms with Crippen LogP contribution in [-0.4, -0.2) is 38.0 Å². The maximum absolute atomic E-state index is 13.1. The van der Waals surface area contributed by atoms with Gasteiger partial charge in [0.05, 0.1) is 18.1 Å². The molecule has 0 unspecified atom stereocenters. The van der Waals surface area contributed by atoms with E-state index in [0.29, 0.717) is 29.8 Å². The van der Waals surface area contributed by atoms with Crippen LogP contribution in [0.25, 0.3) is 16.7 Å². The van der Waals surface area contributed by atoms with Crippen molar-refractivity contribution in [2.24, 2.45) is 0 Å². The lowest BCUT2D eigenvalue weighted by atomic mass is 10.1. The highest BCUT2D eigenvalue weighted by atomic mass is 16.5. The fourth-order valence-corrected chi connectivity index (χ4v) is 3.52. The largest absolute Gasteiger partial charge is 0.497 e. The normalized spacial score (nSPS) is 10.5. The molecule has 10 heteroatoms. The predicted octanol–water partition coefficient (Wildman–Crippen LogP) is 2.57. The highest BCUT2D eigenvalue weighted by molar-refractivity contribution is 5.96. The minimum atomic E-state index is -0.833. The number of carbonyl (C=O) groups excluding carboxylic acids is 1. The molecule has 0 radical (unpaired) electrons. The first kappa shape index (κ1) is 25.2. The van der Waals surface area contributed by atoms with Gasteiger partial charge in [0.1, 0.15) is 22.5 Å². The molecule has 0 fully saturated rings. The summed E-state index contributed by atoms with van der Waals surface area (Å²) in [6.07, 6.45) is 2.38. The molecule has 3 N–H and O–H groups in total. The molecule has 3 heterocycles. The zero-order chi connectivity index (χ0) is 25.5. The van der Waals surface area contributed by atoms with Crippen molar-refractivity contribution < 1.29 is 19.4 Å². The Hall–Kier alpha value is -4.47. The Balaban J connectivity index is 0.000000795. The van der Waals surface area contributed by atoms with Crippen molar-refractivity contribution in [1.29, 1.82) is 5.41 Å². The standard InChI is InChI=1S/C23H23N5O3.C2H4O2/c1-3-11-28-20(24)17(22(29)25-14-15-7-9-16(31-2)10-8-15)13-18-21(28)26-19-6-4-5-12-27(19)23(18)30;1-2(3)4/h4-10,12-13,24H,3,11,14H2,1-2H3,(H,25,29);1H3,(H,3,4). The van der Waals surface area contributed by atoms with Crippen molar-refractivity contribution in [1.82, 2.24) is 19.3 Å². The number of rotatable bonds is 6. The number of aryl methyl sites for hydroxylation is 1. The second-order valence-corrected chi connectivity index (χ2v) is 7.69. The van der Waals surface area contributed by atoms with Crippen molar-refractivity contribution in [3.05, 3.63) is 81.7 Å². The predicted molar refractivity (Wildman–Crippen MR) is 131 cm³/mol. The van der Waals surface area contributed by atoms with Crippen LogP contribution in [0.3, 0.4) is 0 Å². The van der Waals surface area contributed by atoms with E-state index < -0.39 is 11.9 Å². The summed E-state index contributed by atoms with van der Waals surface area (Å²) >= 11 is 0. The molecular formula is C25H27N5O5. The quantitative estimate of drug-likeness (QED) is 0.365. The third-order valence-corrected chi connectivity index (χ3v) is 5.12. The fourth-order valence-electron chi connectivity index (χ4n) is 3.52. The van der Waals surface area contributed by atoms with Crippen LogP contribution in [0.4, 0.5) is 0 Å². The lowest BCUT2D eigenvalue weighted by Gasteiger charge is -2.14. The number of carboxylic acids is 1. The van der Waals surface area contributed by atoms with Gasteiger partial charge in [0, 0.05) is 26.2 Å². The average Bonchev–Trinajstić information content (AvgIpc) is 2.84. The highest BCUT2D eigenvalue weighted by Crippen LogP contribution is 2.13. The molecule has 0 spiro atoms. The van der Waals surface area contributed by atoms with E-state index in [1.807, 2.05) is 31.2 Å². The van der Waals surface area contributed by atoms with Gasteiger partial charge in [-0.05, 0) is 42.3 Å². The summed E-state index contributed by atoms with van der Waals surface area (Å²) in [5.41, 5.74) is 1.72. The van der Waals surface area contributed by atoms with Crippen molar-refractivity contribution in [2.75, 3.05) is 7.11 Å². The molecule has 0 atom stereocenters. The van der Waals surface area contributed by atoms with E-state index in [-0.39, 0.29) is 16.6 Å². The van der Waals surface area contributed by atoms with Gasteiger partial charge in [-0.3, -0.25) is 24.2 Å². The number of aliphatic carboxylic acids is 1. The highest BCUT2D eigenvalue weighted by Gasteiger charge is 2.17. The Bertz CT molecular complexity index is 1480. The summed E-state index contributed by atoms with van der Waals surface area (Å²) in [5, 5.41) is 19.2. The molecule has 35 heavy (non-hydrogen) atoms. The van der Waals surface area contributed by atoms with Gasteiger partial charge in [0.2, 0.25) is 0 Å². The maximum Gasteiger partial charge on any atom is 0.300 e. The van der Waals surface area contributed by atoms with Crippen molar-refractivity contribution >= 4 is 28.6 Å². The van der Waals surface area contributed by atoms with Gasteiger partial charge < -0.3 is 19.7 Å². The van der Waals surface area contributed by atoms with Gasteiger partial charge in [-0.1, -0.05) is 25.1 Å². The second kappa shape index (κ2) is 11.1. The fraction of sp³-hybridized carbons (Fsp3) is 0.240. The van der Waals surface area contributed by atoms with Gasteiger partial charge in [0.15, 0.2) is 0 Å². The van der Waals surface area contributed by atoms with E-state index in [1.54, 1.807) is 36.1 Å². The molecule has 0 saturated carbocycles. The zero-order valence-electron chi connectivity index (χ0n) is 19.7. The van der Waals surface area contributed by atoms with Gasteiger partial charge in [0.25, 0.3) is 17.4 Å². The average molecular weight is 478 g/mol. The lowest BCUT2D eigenvalue weighted by Crippen LogP contribution is -2.34. The van der Waals surface area contributed by atoms with E-state index >= 15 is 0 Å². The van der Waals surface area contributed by atoms with Crippen LogP contribution in [0.15, 0.2) is 59.5 Å². The molecule has 4 rings (SSSR count). The number of carboxylic acid groups (broad SMARTS) is 1. The smallest absolute Gasteiger partial charge is 0.300 e. The van der Waals surface area contributed by atoms with Crippen LogP contribution in [0.5, 0.6) is 5.75 Å². The second-order valence-electron chi connectivity index (χ2n) is 7.69. The molecule has 1 aromatic carbocycles. The summed E-state index contributed by atoms with van der Waals surface area (Å²) in [4.78, 5) is 39.6. The third-order valence-electron chi connectivity index (χ3n) is 5.12. The van der Waals surface area contributed by atoms with E-state index in [9.17, 15) is 9.59 Å². The van der Waals surface area contributed by atoms with Gasteiger partial charge >= 0.3 is 0 Å². The topological polar surface area (TPSA) is 139 Å². The summed E-state index contributed by atoms with van der Waals surface area (Å²) < 4.78 is 8.22. The number of pyridine rings is 2. The summed E-state index contributed by atoms with van der Waals surface area (Å²) in [7, 11) is 1.60. The Morgan fingerprint density at radius 2 is 1.86 bits per heavy atom. The van der Waals surface area contributed by atoms with Gasteiger partial charge in [-0.15, -0.1) is 0 Å². The van der Waals surface area contributed by atoms with Crippen LogP contribution in [0.1, 0.15) is 36.2 Å². The monoisotopic (exact) mass is 477 g/mol. The Morgan fingerprint density at radius 3 is 2.49 bits per heavy atom. The Kier molecular flexibility index (Phi) is 7.98. The lowest BCUT2D eigenvalue weighted by molar-refractivity contribution is -0.134. The van der Waals surface area contributed by atoms with Crippen LogP contribution < -0.4 is 21.1 Å². The van der Waals surface area contributed by atoms with Crippen LogP contribution in [0, 0.1) is 5.41 Å². The van der Waals surface area contributed by atoms with E-state index in [2.05, 4.69) is 10.3 Å². The first-order chi connectivity index (χ1) is 16.8. The van der Waals surface area contributed by atoms with Crippen molar-refractivity contribution in [3.8, 4) is 5.75 Å². The van der Waals surface area contributed by atoms with Gasteiger partial charge in [-0.25, -0.2) is 4.98 Å². The SMILES string of the molecule is CC(=O)O.CCCn1c(=N)c(C(=O)NCc2ccc(OC)cc2)cc2c(=O)n3ccccc3nc21. The first-order valence-corrected chi connectivity index (χ1v) is 11.0. The molecule has 0 aliphatic rings. The summed E-state index contributed by atoms with van der Waals surface area (Å²) in [6, 6.07) is 14.1. The molecule has 10 nitrogen and oxygen atoms in total. The number of nitrogens with one attached hydrogen (secondary N) is 2. The summed E-state index contributed by atoms with van der Waals surface area (Å²) in [6.45, 7) is 3.83. The van der Waals surface area contributed by atoms with Crippen molar-refractivity contribution in [2.45, 2.75) is 33.4 Å². The number of hydrogen-bond donors (Lipinski definition) is 3.